The summed E-state index contributed by atoms with van der Waals surface area (Å²) < 4.78 is 5.25. The molecule has 5 nitrogen and oxygen atoms in total. The van der Waals surface area contributed by atoms with Gasteiger partial charge in [-0.1, -0.05) is 41.9 Å². The second kappa shape index (κ2) is 7.79. The highest BCUT2D eigenvalue weighted by Gasteiger charge is 2.37. The average Bonchev–Trinajstić information content (AvgIpc) is 3.04. The van der Waals surface area contributed by atoms with Crippen molar-refractivity contribution < 1.29 is 14.3 Å². The minimum absolute atomic E-state index is 0.0143. The number of methoxy groups -OCH3 is 1. The van der Waals surface area contributed by atoms with Crippen LogP contribution < -0.4 is 10.1 Å². The van der Waals surface area contributed by atoms with Crippen LogP contribution in [0.5, 0.6) is 5.75 Å². The molecule has 1 heterocycles. The van der Waals surface area contributed by atoms with Gasteiger partial charge in [-0.05, 0) is 30.7 Å². The molecule has 0 bridgehead atoms. The number of halogens is 1. The Bertz CT molecular complexity index is 810. The Kier molecular flexibility index (Phi) is 5.47. The molecule has 2 amide bonds. The van der Waals surface area contributed by atoms with Crippen molar-refractivity contribution in [1.29, 1.82) is 0 Å². The van der Waals surface area contributed by atoms with E-state index in [0.29, 0.717) is 23.0 Å². The van der Waals surface area contributed by atoms with Crippen LogP contribution in [0.1, 0.15) is 24.9 Å². The molecule has 2 aromatic rings. The summed E-state index contributed by atoms with van der Waals surface area (Å²) in [6.07, 6.45) is 0.200. The van der Waals surface area contributed by atoms with E-state index >= 15 is 0 Å². The Morgan fingerprint density at radius 3 is 2.69 bits per heavy atom. The number of ether oxygens (including phenoxy) is 1. The van der Waals surface area contributed by atoms with Crippen molar-refractivity contribution in [2.45, 2.75) is 19.4 Å². The fourth-order valence-electron chi connectivity index (χ4n) is 3.21. The lowest BCUT2D eigenvalue weighted by molar-refractivity contribution is -0.129. The molecule has 2 atom stereocenters. The van der Waals surface area contributed by atoms with Gasteiger partial charge >= 0.3 is 0 Å². The van der Waals surface area contributed by atoms with Gasteiger partial charge in [0.1, 0.15) is 5.75 Å². The minimum atomic E-state index is -0.405. The van der Waals surface area contributed by atoms with Crippen molar-refractivity contribution in [1.82, 2.24) is 4.90 Å². The zero-order valence-corrected chi connectivity index (χ0v) is 15.5. The van der Waals surface area contributed by atoms with Crippen molar-refractivity contribution in [3.63, 3.8) is 0 Å². The molecule has 0 aromatic heterocycles. The first-order chi connectivity index (χ1) is 12.5. The zero-order chi connectivity index (χ0) is 18.7. The highest BCUT2D eigenvalue weighted by atomic mass is 35.5. The van der Waals surface area contributed by atoms with Crippen molar-refractivity contribution in [3.05, 3.63) is 59.1 Å². The van der Waals surface area contributed by atoms with Crippen LogP contribution in [0, 0.1) is 5.92 Å². The summed E-state index contributed by atoms with van der Waals surface area (Å²) in [5.41, 5.74) is 1.56. The maximum absolute atomic E-state index is 12.7. The van der Waals surface area contributed by atoms with Gasteiger partial charge in [-0.3, -0.25) is 9.59 Å². The van der Waals surface area contributed by atoms with Gasteiger partial charge < -0.3 is 15.0 Å². The van der Waals surface area contributed by atoms with Gasteiger partial charge in [0.25, 0.3) is 0 Å². The molecule has 0 unspecified atom stereocenters. The third kappa shape index (κ3) is 3.83. The number of carbonyl (C=O) groups excluding carboxylic acids is 2. The zero-order valence-electron chi connectivity index (χ0n) is 14.7. The number of likely N-dealkylation sites (tertiary alicyclic amines) is 1. The molecule has 0 radical (unpaired) electrons. The fraction of sp³-hybridized carbons (Fsp3) is 0.300. The highest BCUT2D eigenvalue weighted by molar-refractivity contribution is 6.31. The Morgan fingerprint density at radius 2 is 2.00 bits per heavy atom. The van der Waals surface area contributed by atoms with E-state index in [0.717, 1.165) is 5.56 Å². The van der Waals surface area contributed by atoms with Gasteiger partial charge in [-0.25, -0.2) is 0 Å². The number of carbonyl (C=O) groups is 2. The molecule has 0 spiro atoms. The molecule has 1 aliphatic heterocycles. The van der Waals surface area contributed by atoms with E-state index in [-0.39, 0.29) is 24.3 Å². The molecule has 1 N–H and O–H groups in total. The van der Waals surface area contributed by atoms with E-state index in [1.54, 1.807) is 23.1 Å². The summed E-state index contributed by atoms with van der Waals surface area (Å²) in [5, 5.41) is 3.34. The van der Waals surface area contributed by atoms with E-state index < -0.39 is 5.92 Å². The second-order valence-electron chi connectivity index (χ2n) is 6.37. The summed E-state index contributed by atoms with van der Waals surface area (Å²) in [4.78, 5) is 26.8. The topological polar surface area (TPSA) is 58.6 Å². The van der Waals surface area contributed by atoms with Crippen LogP contribution in [0.4, 0.5) is 5.69 Å². The Morgan fingerprint density at radius 1 is 1.27 bits per heavy atom. The average molecular weight is 373 g/mol. The number of hydrogen-bond acceptors (Lipinski definition) is 3. The van der Waals surface area contributed by atoms with Crippen LogP contribution in [-0.2, 0) is 9.59 Å². The summed E-state index contributed by atoms with van der Waals surface area (Å²) >= 11 is 6.00. The van der Waals surface area contributed by atoms with Crippen LogP contribution in [0.3, 0.4) is 0 Å². The van der Waals surface area contributed by atoms with Gasteiger partial charge in [0.2, 0.25) is 11.8 Å². The van der Waals surface area contributed by atoms with Crippen molar-refractivity contribution >= 4 is 29.1 Å². The lowest BCUT2D eigenvalue weighted by atomic mass is 10.1. The fourth-order valence-corrected chi connectivity index (χ4v) is 3.38. The smallest absolute Gasteiger partial charge is 0.229 e. The van der Waals surface area contributed by atoms with Crippen molar-refractivity contribution in [2.24, 2.45) is 5.92 Å². The molecule has 26 heavy (non-hydrogen) atoms. The van der Waals surface area contributed by atoms with Crippen LogP contribution in [0.15, 0.2) is 48.5 Å². The SMILES string of the molecule is COc1ccc(Cl)cc1NC(=O)[C@@H]1CC(=O)N([C@H](C)c2ccccc2)C1. The molecule has 1 fully saturated rings. The molecule has 1 saturated heterocycles. The van der Waals surface area contributed by atoms with Gasteiger partial charge in [0, 0.05) is 18.0 Å². The number of hydrogen-bond donors (Lipinski definition) is 1. The van der Waals surface area contributed by atoms with E-state index in [1.165, 1.54) is 7.11 Å². The monoisotopic (exact) mass is 372 g/mol. The number of benzene rings is 2. The predicted octanol–water partition coefficient (Wildman–Crippen LogP) is 3.90. The Balaban J connectivity index is 1.70. The van der Waals surface area contributed by atoms with E-state index in [1.807, 2.05) is 37.3 Å². The number of nitrogens with zero attached hydrogens (tertiary/aromatic N) is 1. The molecule has 0 saturated carbocycles. The lowest BCUT2D eigenvalue weighted by Gasteiger charge is -2.25. The Labute approximate surface area is 157 Å². The Hall–Kier alpha value is -2.53. The first-order valence-corrected chi connectivity index (χ1v) is 8.86. The van der Waals surface area contributed by atoms with Crippen molar-refractivity contribution in [2.75, 3.05) is 19.0 Å². The molecule has 2 aromatic carbocycles. The maximum atomic E-state index is 12.7. The minimum Gasteiger partial charge on any atom is -0.495 e. The lowest BCUT2D eigenvalue weighted by Crippen LogP contribution is -2.30. The summed E-state index contributed by atoms with van der Waals surface area (Å²) in [6, 6.07) is 14.8. The van der Waals surface area contributed by atoms with E-state index in [9.17, 15) is 9.59 Å². The number of anilines is 1. The quantitative estimate of drug-likeness (QED) is 0.866. The third-order valence-electron chi connectivity index (χ3n) is 4.70. The van der Waals surface area contributed by atoms with Crippen LogP contribution in [-0.4, -0.2) is 30.4 Å². The van der Waals surface area contributed by atoms with Gasteiger partial charge in [-0.15, -0.1) is 0 Å². The molecular weight excluding hydrogens is 352 g/mol. The van der Waals surface area contributed by atoms with Crippen LogP contribution >= 0.6 is 11.6 Å². The number of nitrogens with one attached hydrogen (secondary N) is 1. The molecule has 0 aliphatic carbocycles. The first-order valence-electron chi connectivity index (χ1n) is 8.48. The predicted molar refractivity (Wildman–Crippen MR) is 101 cm³/mol. The van der Waals surface area contributed by atoms with Crippen molar-refractivity contribution in [3.8, 4) is 5.75 Å². The largest absolute Gasteiger partial charge is 0.495 e. The molecule has 1 aliphatic rings. The van der Waals surface area contributed by atoms with E-state index in [4.69, 9.17) is 16.3 Å². The normalized spacial score (nSPS) is 17.9. The van der Waals surface area contributed by atoms with E-state index in [2.05, 4.69) is 5.32 Å². The molecular formula is C20H21ClN2O3. The first kappa shape index (κ1) is 18.3. The van der Waals surface area contributed by atoms with Gasteiger partial charge in [-0.2, -0.15) is 0 Å². The van der Waals surface area contributed by atoms with Gasteiger partial charge in [0.05, 0.1) is 24.8 Å². The highest BCUT2D eigenvalue weighted by Crippen LogP contribution is 2.31. The molecule has 3 rings (SSSR count). The maximum Gasteiger partial charge on any atom is 0.229 e. The molecule has 6 heteroatoms. The standard InChI is InChI=1S/C20H21ClN2O3/c1-13(14-6-4-3-5-7-14)23-12-15(10-19(23)24)20(25)22-17-11-16(21)8-9-18(17)26-2/h3-9,11,13,15H,10,12H2,1-2H3,(H,22,25)/t13-,15-/m1/s1. The summed E-state index contributed by atoms with van der Waals surface area (Å²) in [5.74, 6) is -0.0971. The third-order valence-corrected chi connectivity index (χ3v) is 4.93. The van der Waals surface area contributed by atoms with Gasteiger partial charge in [0.15, 0.2) is 0 Å². The number of amides is 2. The van der Waals surface area contributed by atoms with Crippen LogP contribution in [0.2, 0.25) is 5.02 Å². The van der Waals surface area contributed by atoms with Crippen LogP contribution in [0.25, 0.3) is 0 Å². The second-order valence-corrected chi connectivity index (χ2v) is 6.80. The summed E-state index contributed by atoms with van der Waals surface area (Å²) in [7, 11) is 1.53. The number of rotatable bonds is 5. The molecule has 136 valence electrons. The summed E-state index contributed by atoms with van der Waals surface area (Å²) in [6.45, 7) is 2.37.